The molecule has 1 aromatic rings. The molecule has 21 heavy (non-hydrogen) atoms. The van der Waals surface area contributed by atoms with Gasteiger partial charge in [0, 0.05) is 16.1 Å². The van der Waals surface area contributed by atoms with Crippen LogP contribution >= 0.6 is 27.5 Å². The van der Waals surface area contributed by atoms with Crippen molar-refractivity contribution in [3.05, 3.63) is 33.0 Å². The molecule has 0 heterocycles. The summed E-state index contributed by atoms with van der Waals surface area (Å²) in [4.78, 5) is 0. The van der Waals surface area contributed by atoms with Crippen LogP contribution in [0.3, 0.4) is 0 Å². The maximum Gasteiger partial charge on any atom is 0.147 e. The van der Waals surface area contributed by atoms with Crippen molar-refractivity contribution >= 4 is 27.5 Å². The average molecular weight is 377 g/mol. The summed E-state index contributed by atoms with van der Waals surface area (Å²) in [6, 6.07) is 3.80. The summed E-state index contributed by atoms with van der Waals surface area (Å²) in [5, 5.41) is 3.74. The van der Waals surface area contributed by atoms with E-state index in [9.17, 15) is 4.39 Å². The minimum Gasteiger partial charge on any atom is -0.310 e. The van der Waals surface area contributed by atoms with Crippen LogP contribution in [-0.2, 0) is 0 Å². The Morgan fingerprint density at radius 3 is 2.86 bits per heavy atom. The first-order valence-electron chi connectivity index (χ1n) is 7.91. The molecule has 0 aromatic heterocycles. The van der Waals surface area contributed by atoms with E-state index < -0.39 is 0 Å². The zero-order valence-corrected chi connectivity index (χ0v) is 15.1. The number of benzene rings is 1. The van der Waals surface area contributed by atoms with Crippen LogP contribution in [-0.4, -0.2) is 6.54 Å². The van der Waals surface area contributed by atoms with E-state index in [4.69, 9.17) is 11.6 Å². The third kappa shape index (κ3) is 4.20. The van der Waals surface area contributed by atoms with Crippen LogP contribution in [0.4, 0.5) is 4.39 Å². The van der Waals surface area contributed by atoms with E-state index in [2.05, 4.69) is 35.1 Å². The van der Waals surface area contributed by atoms with Gasteiger partial charge in [0.25, 0.3) is 0 Å². The van der Waals surface area contributed by atoms with Crippen molar-refractivity contribution in [2.75, 3.05) is 6.54 Å². The van der Waals surface area contributed by atoms with Gasteiger partial charge in [-0.1, -0.05) is 44.4 Å². The molecule has 1 aliphatic carbocycles. The molecule has 3 atom stereocenters. The molecule has 1 aromatic carbocycles. The number of rotatable bonds is 5. The van der Waals surface area contributed by atoms with Gasteiger partial charge in [0.1, 0.15) is 5.82 Å². The van der Waals surface area contributed by atoms with Crippen molar-refractivity contribution in [2.45, 2.75) is 52.0 Å². The smallest absolute Gasteiger partial charge is 0.147 e. The predicted octanol–water partition coefficient (Wildman–Crippen LogP) is 6.11. The largest absolute Gasteiger partial charge is 0.310 e. The normalized spacial score (nSPS) is 24.0. The quantitative estimate of drug-likeness (QED) is 0.611. The van der Waals surface area contributed by atoms with E-state index in [1.54, 1.807) is 0 Å². The molecule has 0 bridgehead atoms. The Balaban J connectivity index is 2.29. The number of halogens is 3. The second kappa shape index (κ2) is 7.94. The van der Waals surface area contributed by atoms with Gasteiger partial charge in [-0.2, -0.15) is 0 Å². The van der Waals surface area contributed by atoms with Gasteiger partial charge in [0.15, 0.2) is 0 Å². The molecule has 0 amide bonds. The van der Waals surface area contributed by atoms with Crippen LogP contribution in [0.5, 0.6) is 0 Å². The van der Waals surface area contributed by atoms with Gasteiger partial charge >= 0.3 is 0 Å². The lowest BCUT2D eigenvalue weighted by Crippen LogP contribution is -2.32. The lowest BCUT2D eigenvalue weighted by atomic mass is 9.76. The zero-order chi connectivity index (χ0) is 15.4. The van der Waals surface area contributed by atoms with Gasteiger partial charge in [0.05, 0.1) is 5.02 Å². The van der Waals surface area contributed by atoms with Crippen LogP contribution in [0, 0.1) is 17.7 Å². The monoisotopic (exact) mass is 375 g/mol. The topological polar surface area (TPSA) is 12.0 Å². The van der Waals surface area contributed by atoms with Crippen molar-refractivity contribution in [1.82, 2.24) is 5.32 Å². The molecule has 3 unspecified atom stereocenters. The molecule has 118 valence electrons. The van der Waals surface area contributed by atoms with Gasteiger partial charge < -0.3 is 5.32 Å². The molecule has 1 aliphatic rings. The molecule has 0 saturated heterocycles. The maximum absolute atomic E-state index is 14.6. The first kappa shape index (κ1) is 17.2. The summed E-state index contributed by atoms with van der Waals surface area (Å²) in [5.41, 5.74) is 0.718. The van der Waals surface area contributed by atoms with Crippen molar-refractivity contribution < 1.29 is 4.39 Å². The third-order valence-corrected chi connectivity index (χ3v) is 5.72. The Morgan fingerprint density at radius 2 is 2.19 bits per heavy atom. The van der Waals surface area contributed by atoms with Gasteiger partial charge in [-0.3, -0.25) is 0 Å². The highest BCUT2D eigenvalue weighted by Gasteiger charge is 2.30. The highest BCUT2D eigenvalue weighted by atomic mass is 79.9. The Bertz CT molecular complexity index is 480. The molecule has 0 spiro atoms. The molecule has 2 rings (SSSR count). The minimum absolute atomic E-state index is 0.0679. The van der Waals surface area contributed by atoms with Crippen LogP contribution in [0.1, 0.15) is 57.6 Å². The second-order valence-electron chi connectivity index (χ2n) is 6.23. The molecule has 1 saturated carbocycles. The molecule has 0 aliphatic heterocycles. The van der Waals surface area contributed by atoms with Gasteiger partial charge in [-0.05, 0) is 59.6 Å². The summed E-state index contributed by atoms with van der Waals surface area (Å²) in [5.74, 6) is 0.938. The van der Waals surface area contributed by atoms with E-state index in [0.29, 0.717) is 10.4 Å². The summed E-state index contributed by atoms with van der Waals surface area (Å²) >= 11 is 9.37. The Morgan fingerprint density at radius 1 is 1.43 bits per heavy atom. The Labute approximate surface area is 140 Å². The van der Waals surface area contributed by atoms with Gasteiger partial charge in [-0.25, -0.2) is 4.39 Å². The van der Waals surface area contributed by atoms with E-state index in [-0.39, 0.29) is 16.9 Å². The van der Waals surface area contributed by atoms with Gasteiger partial charge in [0.2, 0.25) is 0 Å². The van der Waals surface area contributed by atoms with Crippen molar-refractivity contribution in [3.8, 4) is 0 Å². The average Bonchev–Trinajstić information content (AvgIpc) is 2.47. The van der Waals surface area contributed by atoms with E-state index in [1.165, 1.54) is 19.3 Å². The lowest BCUT2D eigenvalue weighted by Gasteiger charge is -2.34. The Kier molecular flexibility index (Phi) is 6.51. The van der Waals surface area contributed by atoms with E-state index in [1.807, 2.05) is 12.1 Å². The molecule has 1 N–H and O–H groups in total. The summed E-state index contributed by atoms with van der Waals surface area (Å²) in [6.07, 6.45) is 5.90. The minimum atomic E-state index is -0.280. The zero-order valence-electron chi connectivity index (χ0n) is 12.8. The fourth-order valence-electron chi connectivity index (χ4n) is 3.40. The highest BCUT2D eigenvalue weighted by molar-refractivity contribution is 9.10. The Hall–Kier alpha value is -0.120. The maximum atomic E-state index is 14.6. The van der Waals surface area contributed by atoms with E-state index in [0.717, 1.165) is 30.9 Å². The van der Waals surface area contributed by atoms with Crippen molar-refractivity contribution in [2.24, 2.45) is 11.8 Å². The third-order valence-electron chi connectivity index (χ3n) is 4.46. The summed E-state index contributed by atoms with van der Waals surface area (Å²) in [7, 11) is 0. The van der Waals surface area contributed by atoms with Crippen LogP contribution in [0.25, 0.3) is 0 Å². The fraction of sp³-hybridized carbons (Fsp3) is 0.647. The highest BCUT2D eigenvalue weighted by Crippen LogP contribution is 2.40. The SMILES string of the molecule is CCCNC(c1ccc(Br)c(Cl)c1F)C1CCCC(C)C1. The fourth-order valence-corrected chi connectivity index (χ4v) is 3.87. The van der Waals surface area contributed by atoms with Crippen molar-refractivity contribution in [1.29, 1.82) is 0 Å². The van der Waals surface area contributed by atoms with Crippen LogP contribution in [0.15, 0.2) is 16.6 Å². The first-order valence-corrected chi connectivity index (χ1v) is 9.08. The summed E-state index contributed by atoms with van der Waals surface area (Å²) < 4.78 is 15.2. The van der Waals surface area contributed by atoms with Gasteiger partial charge in [-0.15, -0.1) is 0 Å². The lowest BCUT2D eigenvalue weighted by molar-refractivity contribution is 0.221. The van der Waals surface area contributed by atoms with E-state index >= 15 is 0 Å². The number of nitrogens with one attached hydrogen (secondary N) is 1. The standard InChI is InChI=1S/C17H24BrClFN/c1-3-9-21-17(12-6-4-5-11(2)10-12)13-7-8-14(18)15(19)16(13)20/h7-8,11-12,17,21H,3-6,9-10H2,1-2H3. The predicted molar refractivity (Wildman–Crippen MR) is 91.3 cm³/mol. The molecule has 0 radical (unpaired) electrons. The molecule has 1 nitrogen and oxygen atoms in total. The molecule has 1 fully saturated rings. The van der Waals surface area contributed by atoms with Crippen LogP contribution < -0.4 is 5.32 Å². The van der Waals surface area contributed by atoms with Crippen LogP contribution in [0.2, 0.25) is 5.02 Å². The second-order valence-corrected chi connectivity index (χ2v) is 7.46. The number of hydrogen-bond acceptors (Lipinski definition) is 1. The molecule has 4 heteroatoms. The first-order chi connectivity index (χ1) is 10.0. The molecular formula is C17H24BrClFN. The van der Waals surface area contributed by atoms with Crippen molar-refractivity contribution in [3.63, 3.8) is 0 Å². The molecular weight excluding hydrogens is 353 g/mol. The number of hydrogen-bond donors (Lipinski definition) is 1. The summed E-state index contributed by atoms with van der Waals surface area (Å²) in [6.45, 7) is 5.34.